The minimum atomic E-state index is 0. The van der Waals surface area contributed by atoms with Crippen LogP contribution in [-0.2, 0) is 11.3 Å². The van der Waals surface area contributed by atoms with Gasteiger partial charge in [-0.05, 0) is 18.4 Å². The molecule has 4 rings (SSSR count). The molecule has 0 spiro atoms. The van der Waals surface area contributed by atoms with Gasteiger partial charge in [-0.25, -0.2) is 0 Å². The molecule has 5 nitrogen and oxygen atoms in total. The van der Waals surface area contributed by atoms with Crippen LogP contribution in [0.25, 0.3) is 0 Å². The van der Waals surface area contributed by atoms with Gasteiger partial charge in [0.25, 0.3) is 0 Å². The Morgan fingerprint density at radius 1 is 1.22 bits per heavy atom. The smallest absolute Gasteiger partial charge is 0.191 e. The number of nitrogens with zero attached hydrogens (tertiary/aromatic N) is 2. The minimum absolute atomic E-state index is 0. The van der Waals surface area contributed by atoms with Crippen molar-refractivity contribution in [2.75, 3.05) is 26.7 Å². The zero-order chi connectivity index (χ0) is 18.1. The van der Waals surface area contributed by atoms with Crippen molar-refractivity contribution in [1.82, 2.24) is 15.5 Å². The number of likely N-dealkylation sites (tertiary alicyclic amines) is 1. The second kappa shape index (κ2) is 8.66. The van der Waals surface area contributed by atoms with Crippen LogP contribution in [0.2, 0.25) is 0 Å². The van der Waals surface area contributed by atoms with E-state index in [9.17, 15) is 0 Å². The Morgan fingerprint density at radius 2 is 2.00 bits per heavy atom. The molecule has 6 heteroatoms. The van der Waals surface area contributed by atoms with Crippen molar-refractivity contribution in [3.8, 4) is 0 Å². The lowest BCUT2D eigenvalue weighted by Gasteiger charge is -2.55. The van der Waals surface area contributed by atoms with Gasteiger partial charge in [-0.1, -0.05) is 44.2 Å². The van der Waals surface area contributed by atoms with E-state index in [4.69, 9.17) is 4.74 Å². The van der Waals surface area contributed by atoms with Crippen LogP contribution in [-0.4, -0.2) is 55.8 Å². The molecule has 3 aliphatic rings. The largest absolute Gasteiger partial charge is 0.377 e. The molecule has 0 radical (unpaired) electrons. The monoisotopic (exact) mass is 484 g/mol. The maximum Gasteiger partial charge on any atom is 0.191 e. The van der Waals surface area contributed by atoms with Gasteiger partial charge < -0.3 is 15.4 Å². The lowest BCUT2D eigenvalue weighted by atomic mass is 9.57. The zero-order valence-corrected chi connectivity index (χ0v) is 19.0. The molecular formula is C21H33IN4O. The van der Waals surface area contributed by atoms with Crippen LogP contribution in [0.5, 0.6) is 0 Å². The first kappa shape index (κ1) is 20.9. The van der Waals surface area contributed by atoms with Gasteiger partial charge in [0.2, 0.25) is 0 Å². The number of rotatable bonds is 4. The van der Waals surface area contributed by atoms with Gasteiger partial charge in [-0.3, -0.25) is 9.89 Å². The molecule has 0 amide bonds. The zero-order valence-electron chi connectivity index (χ0n) is 16.6. The molecule has 27 heavy (non-hydrogen) atoms. The molecule has 3 fully saturated rings. The van der Waals surface area contributed by atoms with Crippen molar-refractivity contribution in [2.45, 2.75) is 51.4 Å². The molecule has 2 N–H and O–H groups in total. The van der Waals surface area contributed by atoms with E-state index in [1.807, 2.05) is 7.05 Å². The van der Waals surface area contributed by atoms with E-state index in [1.54, 1.807) is 0 Å². The van der Waals surface area contributed by atoms with E-state index in [2.05, 4.69) is 64.7 Å². The molecule has 4 unspecified atom stereocenters. The van der Waals surface area contributed by atoms with Crippen molar-refractivity contribution in [2.24, 2.45) is 16.3 Å². The standard InChI is InChI=1S/C21H32N4O.HI/c1-21(2)18(17-10-12-26-19(17)21)24-20(22-3)23-16-9-11-25(14-16)13-15-7-5-4-6-8-15;/h4-8,16-19H,9-14H2,1-3H3,(H2,22,23,24);1H. The first-order valence-electron chi connectivity index (χ1n) is 9.95. The molecule has 1 aliphatic carbocycles. The highest BCUT2D eigenvalue weighted by atomic mass is 127. The highest BCUT2D eigenvalue weighted by Crippen LogP contribution is 2.52. The van der Waals surface area contributed by atoms with Crippen molar-refractivity contribution in [3.63, 3.8) is 0 Å². The number of hydrogen-bond acceptors (Lipinski definition) is 3. The molecule has 0 aromatic heterocycles. The average Bonchev–Trinajstić information content (AvgIpc) is 3.27. The van der Waals surface area contributed by atoms with Crippen LogP contribution in [0.15, 0.2) is 35.3 Å². The molecule has 1 saturated carbocycles. The van der Waals surface area contributed by atoms with Crippen LogP contribution in [0, 0.1) is 11.3 Å². The topological polar surface area (TPSA) is 48.9 Å². The Morgan fingerprint density at radius 3 is 2.74 bits per heavy atom. The van der Waals surface area contributed by atoms with Crippen LogP contribution < -0.4 is 10.6 Å². The Labute approximate surface area is 180 Å². The summed E-state index contributed by atoms with van der Waals surface area (Å²) < 4.78 is 5.91. The maximum absolute atomic E-state index is 5.91. The molecule has 1 aromatic rings. The predicted octanol–water partition coefficient (Wildman–Crippen LogP) is 2.86. The second-order valence-corrected chi connectivity index (χ2v) is 8.61. The summed E-state index contributed by atoms with van der Waals surface area (Å²) in [6, 6.07) is 11.6. The Kier molecular flexibility index (Phi) is 6.69. The summed E-state index contributed by atoms with van der Waals surface area (Å²) >= 11 is 0. The van der Waals surface area contributed by atoms with Gasteiger partial charge in [-0.15, -0.1) is 24.0 Å². The Balaban J connectivity index is 0.00000210. The van der Waals surface area contributed by atoms with Crippen LogP contribution in [0.4, 0.5) is 0 Å². The van der Waals surface area contributed by atoms with Crippen molar-refractivity contribution >= 4 is 29.9 Å². The van der Waals surface area contributed by atoms with Gasteiger partial charge in [0.15, 0.2) is 5.96 Å². The second-order valence-electron chi connectivity index (χ2n) is 8.61. The van der Waals surface area contributed by atoms with E-state index in [0.717, 1.165) is 45.0 Å². The van der Waals surface area contributed by atoms with Gasteiger partial charge in [0.1, 0.15) is 0 Å². The fraction of sp³-hybridized carbons (Fsp3) is 0.667. The number of halogens is 1. The maximum atomic E-state index is 5.91. The Bertz CT molecular complexity index is 651. The number of nitrogens with one attached hydrogen (secondary N) is 2. The van der Waals surface area contributed by atoms with Gasteiger partial charge in [0, 0.05) is 56.7 Å². The number of fused-ring (bicyclic) bond motifs is 1. The van der Waals surface area contributed by atoms with Gasteiger partial charge in [-0.2, -0.15) is 0 Å². The lowest BCUT2D eigenvalue weighted by Crippen LogP contribution is -2.68. The highest BCUT2D eigenvalue weighted by Gasteiger charge is 2.59. The summed E-state index contributed by atoms with van der Waals surface area (Å²) in [4.78, 5) is 7.02. The van der Waals surface area contributed by atoms with E-state index in [0.29, 0.717) is 24.1 Å². The fourth-order valence-corrected chi connectivity index (χ4v) is 5.06. The number of benzene rings is 1. The van der Waals surface area contributed by atoms with Gasteiger partial charge in [0.05, 0.1) is 6.10 Å². The summed E-state index contributed by atoms with van der Waals surface area (Å²) in [6.45, 7) is 8.75. The highest BCUT2D eigenvalue weighted by molar-refractivity contribution is 14.0. The number of hydrogen-bond donors (Lipinski definition) is 2. The van der Waals surface area contributed by atoms with Crippen molar-refractivity contribution in [1.29, 1.82) is 0 Å². The van der Waals surface area contributed by atoms with Crippen LogP contribution in [0.3, 0.4) is 0 Å². The summed E-state index contributed by atoms with van der Waals surface area (Å²) in [7, 11) is 1.88. The summed E-state index contributed by atoms with van der Waals surface area (Å²) in [6.07, 6.45) is 2.74. The van der Waals surface area contributed by atoms with Crippen molar-refractivity contribution in [3.05, 3.63) is 35.9 Å². The first-order chi connectivity index (χ1) is 12.6. The van der Waals surface area contributed by atoms with Gasteiger partial charge >= 0.3 is 0 Å². The fourth-order valence-electron chi connectivity index (χ4n) is 5.06. The lowest BCUT2D eigenvalue weighted by molar-refractivity contribution is -0.106. The van der Waals surface area contributed by atoms with E-state index in [1.165, 1.54) is 5.56 Å². The molecule has 4 atom stereocenters. The predicted molar refractivity (Wildman–Crippen MR) is 121 cm³/mol. The normalized spacial score (nSPS) is 32.3. The molecule has 2 aliphatic heterocycles. The number of guanidine groups is 1. The molecule has 0 bridgehead atoms. The molecular weight excluding hydrogens is 451 g/mol. The molecule has 2 saturated heterocycles. The van der Waals surface area contributed by atoms with Crippen LogP contribution in [0.1, 0.15) is 32.3 Å². The quantitative estimate of drug-likeness (QED) is 0.392. The SMILES string of the molecule is CN=C(NC1CCN(Cc2ccccc2)C1)NC1C2CCOC2C1(C)C.I. The third-order valence-electron chi connectivity index (χ3n) is 6.48. The summed E-state index contributed by atoms with van der Waals surface area (Å²) in [5.41, 5.74) is 1.56. The van der Waals surface area contributed by atoms with Crippen molar-refractivity contribution < 1.29 is 4.74 Å². The average molecular weight is 484 g/mol. The summed E-state index contributed by atoms with van der Waals surface area (Å²) in [5.74, 6) is 1.57. The molecule has 2 heterocycles. The van der Waals surface area contributed by atoms with E-state index in [-0.39, 0.29) is 29.4 Å². The summed E-state index contributed by atoms with van der Waals surface area (Å²) in [5, 5.41) is 7.35. The van der Waals surface area contributed by atoms with Crippen LogP contribution >= 0.6 is 24.0 Å². The third kappa shape index (κ3) is 4.27. The first-order valence-corrected chi connectivity index (χ1v) is 9.95. The number of ether oxygens (including phenoxy) is 1. The van der Waals surface area contributed by atoms with E-state index < -0.39 is 0 Å². The number of aliphatic imine (C=N–C) groups is 1. The van der Waals surface area contributed by atoms with E-state index >= 15 is 0 Å². The molecule has 150 valence electrons. The third-order valence-corrected chi connectivity index (χ3v) is 6.48. The Hall–Kier alpha value is -0.860. The minimum Gasteiger partial charge on any atom is -0.377 e. The molecule has 1 aromatic carbocycles.